The third-order valence-electron chi connectivity index (χ3n) is 2.18. The Hall–Kier alpha value is -1.23. The molecule has 15 heavy (non-hydrogen) atoms. The first-order valence-electron chi connectivity index (χ1n) is 4.29. The number of carbonyl (C=O) groups is 1. The van der Waals surface area contributed by atoms with E-state index in [-0.39, 0.29) is 5.69 Å². The average Bonchev–Trinajstić information content (AvgIpc) is 2.17. The van der Waals surface area contributed by atoms with Gasteiger partial charge in [-0.2, -0.15) is 0 Å². The number of halogens is 1. The summed E-state index contributed by atoms with van der Waals surface area (Å²) in [6.45, 7) is 3.43. The molecule has 0 bridgehead atoms. The van der Waals surface area contributed by atoms with Crippen molar-refractivity contribution in [3.05, 3.63) is 38.3 Å². The minimum atomic E-state index is -0.703. The summed E-state index contributed by atoms with van der Waals surface area (Å²) >= 11 is 3.09. The van der Waals surface area contributed by atoms with Gasteiger partial charge >= 0.3 is 0 Å². The molecule has 0 atom stereocenters. The van der Waals surface area contributed by atoms with E-state index in [1.54, 1.807) is 26.0 Å². The van der Waals surface area contributed by atoms with Gasteiger partial charge in [0.2, 0.25) is 0 Å². The van der Waals surface area contributed by atoms with Crippen LogP contribution in [0.15, 0.2) is 22.7 Å². The fourth-order valence-electron chi connectivity index (χ4n) is 1.12. The third-order valence-corrected chi connectivity index (χ3v) is 2.85. The molecule has 0 saturated heterocycles. The van der Waals surface area contributed by atoms with E-state index in [2.05, 4.69) is 15.9 Å². The standard InChI is InChI=1S/C10H10BrNO3/c1-10(2,6-13)7-3-4-8(11)9(5-7)12(14)15/h3-6H,1-2H3. The predicted octanol–water partition coefficient (Wildman–Crippen LogP) is 2.83. The summed E-state index contributed by atoms with van der Waals surface area (Å²) in [4.78, 5) is 21.0. The Morgan fingerprint density at radius 2 is 2.07 bits per heavy atom. The number of nitrogens with zero attached hydrogens (tertiary/aromatic N) is 1. The fraction of sp³-hybridized carbons (Fsp3) is 0.300. The van der Waals surface area contributed by atoms with Gasteiger partial charge in [-0.05, 0) is 41.4 Å². The van der Waals surface area contributed by atoms with E-state index >= 15 is 0 Å². The maximum Gasteiger partial charge on any atom is 0.283 e. The van der Waals surface area contributed by atoms with Crippen LogP contribution >= 0.6 is 15.9 Å². The van der Waals surface area contributed by atoms with Gasteiger partial charge in [-0.1, -0.05) is 6.07 Å². The first kappa shape index (κ1) is 11.8. The smallest absolute Gasteiger partial charge is 0.283 e. The van der Waals surface area contributed by atoms with Gasteiger partial charge < -0.3 is 4.79 Å². The van der Waals surface area contributed by atoms with E-state index in [9.17, 15) is 14.9 Å². The highest BCUT2D eigenvalue weighted by atomic mass is 79.9. The zero-order valence-corrected chi connectivity index (χ0v) is 9.95. The first-order chi connectivity index (χ1) is 6.88. The molecule has 4 nitrogen and oxygen atoms in total. The highest BCUT2D eigenvalue weighted by Crippen LogP contribution is 2.30. The molecule has 0 saturated carbocycles. The Morgan fingerprint density at radius 1 is 1.47 bits per heavy atom. The molecule has 0 aromatic heterocycles. The topological polar surface area (TPSA) is 60.2 Å². The van der Waals surface area contributed by atoms with Gasteiger partial charge in [0.15, 0.2) is 0 Å². The normalized spacial score (nSPS) is 11.1. The number of hydrogen-bond acceptors (Lipinski definition) is 3. The monoisotopic (exact) mass is 271 g/mol. The summed E-state index contributed by atoms with van der Waals surface area (Å²) in [6.07, 6.45) is 0.778. The van der Waals surface area contributed by atoms with Gasteiger partial charge in [-0.3, -0.25) is 10.1 Å². The lowest BCUT2D eigenvalue weighted by Crippen LogP contribution is -2.18. The summed E-state index contributed by atoms with van der Waals surface area (Å²) in [5.41, 5.74) is -0.0966. The largest absolute Gasteiger partial charge is 0.302 e. The van der Waals surface area contributed by atoms with Crippen LogP contribution in [0.2, 0.25) is 0 Å². The molecule has 0 aliphatic heterocycles. The molecular formula is C10H10BrNO3. The fourth-order valence-corrected chi connectivity index (χ4v) is 1.51. The van der Waals surface area contributed by atoms with Crippen molar-refractivity contribution in [2.45, 2.75) is 19.3 Å². The molecule has 0 spiro atoms. The molecule has 0 unspecified atom stereocenters. The second-order valence-corrected chi connectivity index (χ2v) is 4.62. The summed E-state index contributed by atoms with van der Waals surface area (Å²) < 4.78 is 0.415. The van der Waals surface area contributed by atoms with Crippen LogP contribution in [0.4, 0.5) is 5.69 Å². The zero-order chi connectivity index (χ0) is 11.6. The van der Waals surface area contributed by atoms with Crippen LogP contribution in [0.5, 0.6) is 0 Å². The number of benzene rings is 1. The maximum atomic E-state index is 10.8. The van der Waals surface area contributed by atoms with Crippen molar-refractivity contribution >= 4 is 27.9 Å². The molecule has 0 aliphatic rings. The Balaban J connectivity index is 3.30. The lowest BCUT2D eigenvalue weighted by atomic mass is 9.86. The second-order valence-electron chi connectivity index (χ2n) is 3.76. The molecular weight excluding hydrogens is 262 g/mol. The zero-order valence-electron chi connectivity index (χ0n) is 8.36. The lowest BCUT2D eigenvalue weighted by Gasteiger charge is -2.16. The van der Waals surface area contributed by atoms with Gasteiger partial charge in [0.05, 0.1) is 9.40 Å². The van der Waals surface area contributed by atoms with E-state index in [1.165, 1.54) is 6.07 Å². The van der Waals surface area contributed by atoms with Crippen LogP contribution in [0.3, 0.4) is 0 Å². The highest BCUT2D eigenvalue weighted by Gasteiger charge is 2.23. The quantitative estimate of drug-likeness (QED) is 0.483. The van der Waals surface area contributed by atoms with E-state index < -0.39 is 10.3 Å². The second kappa shape index (κ2) is 4.10. The number of nitro groups is 1. The molecule has 1 rings (SSSR count). The van der Waals surface area contributed by atoms with Crippen LogP contribution in [0.1, 0.15) is 19.4 Å². The van der Waals surface area contributed by atoms with Crippen molar-refractivity contribution < 1.29 is 9.72 Å². The molecule has 80 valence electrons. The van der Waals surface area contributed by atoms with Crippen molar-refractivity contribution in [3.8, 4) is 0 Å². The molecule has 0 amide bonds. The predicted molar refractivity (Wildman–Crippen MR) is 59.9 cm³/mol. The number of aldehydes is 1. The minimum absolute atomic E-state index is 0.0255. The molecule has 0 fully saturated rings. The van der Waals surface area contributed by atoms with Crippen molar-refractivity contribution in [2.75, 3.05) is 0 Å². The van der Waals surface area contributed by atoms with E-state index in [0.717, 1.165) is 6.29 Å². The molecule has 0 radical (unpaired) electrons. The van der Waals surface area contributed by atoms with Crippen molar-refractivity contribution in [1.29, 1.82) is 0 Å². The third kappa shape index (κ3) is 2.41. The number of nitro benzene ring substituents is 1. The molecule has 1 aromatic rings. The van der Waals surface area contributed by atoms with Crippen molar-refractivity contribution in [2.24, 2.45) is 0 Å². The lowest BCUT2D eigenvalue weighted by molar-refractivity contribution is -0.385. The average molecular weight is 272 g/mol. The van der Waals surface area contributed by atoms with Crippen LogP contribution < -0.4 is 0 Å². The van der Waals surface area contributed by atoms with Crippen LogP contribution in [0, 0.1) is 10.1 Å². The first-order valence-corrected chi connectivity index (χ1v) is 5.08. The maximum absolute atomic E-state index is 10.8. The SMILES string of the molecule is CC(C)(C=O)c1ccc(Br)c([N+](=O)[O-])c1. The molecule has 1 aromatic carbocycles. The van der Waals surface area contributed by atoms with Gasteiger partial charge in [0.25, 0.3) is 5.69 Å². The molecule has 0 heterocycles. The summed E-state index contributed by atoms with van der Waals surface area (Å²) in [7, 11) is 0. The van der Waals surface area contributed by atoms with Gasteiger partial charge in [0.1, 0.15) is 6.29 Å². The Morgan fingerprint density at radius 3 is 2.53 bits per heavy atom. The minimum Gasteiger partial charge on any atom is -0.302 e. The number of hydrogen-bond donors (Lipinski definition) is 0. The van der Waals surface area contributed by atoms with Gasteiger partial charge in [0, 0.05) is 11.5 Å². The summed E-state index contributed by atoms with van der Waals surface area (Å²) in [6, 6.07) is 4.70. The van der Waals surface area contributed by atoms with E-state index in [0.29, 0.717) is 10.0 Å². The molecule has 0 N–H and O–H groups in total. The number of carbonyl (C=O) groups excluding carboxylic acids is 1. The summed E-state index contributed by atoms with van der Waals surface area (Å²) in [5.74, 6) is 0. The van der Waals surface area contributed by atoms with E-state index in [1.807, 2.05) is 0 Å². The van der Waals surface area contributed by atoms with Crippen LogP contribution in [-0.2, 0) is 10.2 Å². The highest BCUT2D eigenvalue weighted by molar-refractivity contribution is 9.10. The van der Waals surface area contributed by atoms with Crippen LogP contribution in [-0.4, -0.2) is 11.2 Å². The Kier molecular flexibility index (Phi) is 3.24. The molecule has 0 aliphatic carbocycles. The van der Waals surface area contributed by atoms with Crippen molar-refractivity contribution in [1.82, 2.24) is 0 Å². The van der Waals surface area contributed by atoms with Crippen LogP contribution in [0.25, 0.3) is 0 Å². The number of rotatable bonds is 3. The van der Waals surface area contributed by atoms with Crippen molar-refractivity contribution in [3.63, 3.8) is 0 Å². The molecule has 5 heteroatoms. The van der Waals surface area contributed by atoms with E-state index in [4.69, 9.17) is 0 Å². The Bertz CT molecular complexity index is 415. The Labute approximate surface area is 95.6 Å². The van der Waals surface area contributed by atoms with Gasteiger partial charge in [-0.25, -0.2) is 0 Å². The summed E-state index contributed by atoms with van der Waals surface area (Å²) in [5, 5.41) is 10.7. The van der Waals surface area contributed by atoms with Gasteiger partial charge in [-0.15, -0.1) is 0 Å².